The Morgan fingerprint density at radius 3 is 2.97 bits per heavy atom. The SMILES string of the molecule is C[C@H]1CN([P+](=O)OC[C@@H]2CNC[C@H](n3cnc4c(N)ncnc43)O2)C[C@@H](COP=O)O1. The Hall–Kier alpha value is -1.69. The Morgan fingerprint density at radius 1 is 1.26 bits per heavy atom. The van der Waals surface area contributed by atoms with E-state index in [-0.39, 0.29) is 37.8 Å². The third kappa shape index (κ3) is 5.39. The molecule has 13 nitrogen and oxygen atoms in total. The van der Waals surface area contributed by atoms with Crippen molar-refractivity contribution in [1.29, 1.82) is 0 Å². The first-order valence-corrected chi connectivity index (χ1v) is 11.7. The molecule has 4 heterocycles. The van der Waals surface area contributed by atoms with Gasteiger partial charge in [0.05, 0.1) is 38.2 Å². The van der Waals surface area contributed by atoms with Gasteiger partial charge < -0.3 is 20.5 Å². The highest BCUT2D eigenvalue weighted by Gasteiger charge is 2.40. The summed E-state index contributed by atoms with van der Waals surface area (Å²) < 4.78 is 49.0. The summed E-state index contributed by atoms with van der Waals surface area (Å²) in [5, 5.41) is 3.29. The number of morpholine rings is 2. The van der Waals surface area contributed by atoms with Gasteiger partial charge in [0.25, 0.3) is 0 Å². The third-order valence-electron chi connectivity index (χ3n) is 4.96. The molecule has 1 unspecified atom stereocenters. The fraction of sp³-hybridized carbons (Fsp3) is 0.688. The fourth-order valence-electron chi connectivity index (χ4n) is 3.62. The van der Waals surface area contributed by atoms with E-state index >= 15 is 0 Å². The molecule has 31 heavy (non-hydrogen) atoms. The molecule has 0 aromatic carbocycles. The number of hydrogen-bond acceptors (Lipinski definition) is 11. The Labute approximate surface area is 180 Å². The molecule has 15 heteroatoms. The largest absolute Gasteiger partial charge is 0.616 e. The fourth-order valence-corrected chi connectivity index (χ4v) is 4.98. The summed E-state index contributed by atoms with van der Waals surface area (Å²) in [6.45, 7) is 4.12. The minimum atomic E-state index is -2.08. The predicted molar refractivity (Wildman–Crippen MR) is 110 cm³/mol. The second-order valence-electron chi connectivity index (χ2n) is 7.30. The van der Waals surface area contributed by atoms with Crippen LogP contribution < -0.4 is 11.1 Å². The van der Waals surface area contributed by atoms with E-state index in [2.05, 4.69) is 20.3 Å². The maximum atomic E-state index is 12.7. The molecule has 168 valence electrons. The van der Waals surface area contributed by atoms with Crippen molar-refractivity contribution in [3.8, 4) is 0 Å². The number of aromatic nitrogens is 4. The highest BCUT2D eigenvalue weighted by atomic mass is 31.1. The number of imidazole rings is 1. The van der Waals surface area contributed by atoms with Crippen molar-refractivity contribution in [3.05, 3.63) is 12.7 Å². The quantitative estimate of drug-likeness (QED) is 0.524. The van der Waals surface area contributed by atoms with Crippen LogP contribution in [0.25, 0.3) is 11.2 Å². The lowest BCUT2D eigenvalue weighted by molar-refractivity contribution is -0.0923. The van der Waals surface area contributed by atoms with Crippen LogP contribution in [-0.2, 0) is 27.7 Å². The number of rotatable bonds is 8. The first kappa shape index (κ1) is 22.5. The van der Waals surface area contributed by atoms with Crippen LogP contribution in [0, 0.1) is 0 Å². The van der Waals surface area contributed by atoms with E-state index in [9.17, 15) is 9.13 Å². The van der Waals surface area contributed by atoms with Crippen LogP contribution in [0.4, 0.5) is 5.82 Å². The van der Waals surface area contributed by atoms with E-state index in [0.717, 1.165) is 0 Å². The zero-order valence-corrected chi connectivity index (χ0v) is 18.7. The van der Waals surface area contributed by atoms with Crippen molar-refractivity contribution in [2.45, 2.75) is 31.5 Å². The van der Waals surface area contributed by atoms with Gasteiger partial charge in [0.2, 0.25) is 0 Å². The predicted octanol–water partition coefficient (Wildman–Crippen LogP) is 0.882. The summed E-state index contributed by atoms with van der Waals surface area (Å²) in [7, 11) is -2.49. The average Bonchev–Trinajstić information content (AvgIpc) is 3.21. The molecule has 2 saturated heterocycles. The van der Waals surface area contributed by atoms with Crippen LogP contribution in [0.1, 0.15) is 13.2 Å². The topological polar surface area (TPSA) is 156 Å². The first-order valence-electron chi connectivity index (χ1n) is 9.79. The second kappa shape index (κ2) is 10.3. The molecule has 2 fully saturated rings. The van der Waals surface area contributed by atoms with Gasteiger partial charge in [-0.1, -0.05) is 4.67 Å². The van der Waals surface area contributed by atoms with Gasteiger partial charge in [0.1, 0.15) is 30.8 Å². The van der Waals surface area contributed by atoms with Crippen molar-refractivity contribution < 1.29 is 27.7 Å². The van der Waals surface area contributed by atoms with Crippen molar-refractivity contribution >= 4 is 33.8 Å². The van der Waals surface area contributed by atoms with Crippen molar-refractivity contribution in [2.75, 3.05) is 45.1 Å². The Balaban J connectivity index is 1.33. The van der Waals surface area contributed by atoms with Gasteiger partial charge in [-0.25, -0.2) is 19.5 Å². The van der Waals surface area contributed by atoms with Gasteiger partial charge in [0.15, 0.2) is 11.5 Å². The molecule has 5 atom stereocenters. The van der Waals surface area contributed by atoms with Crippen LogP contribution in [0.2, 0.25) is 0 Å². The van der Waals surface area contributed by atoms with E-state index in [0.29, 0.717) is 43.2 Å². The molecule has 0 saturated carbocycles. The lowest BCUT2D eigenvalue weighted by atomic mass is 10.2. The van der Waals surface area contributed by atoms with Gasteiger partial charge >= 0.3 is 16.9 Å². The van der Waals surface area contributed by atoms with E-state index in [1.807, 2.05) is 6.92 Å². The summed E-state index contributed by atoms with van der Waals surface area (Å²) in [4.78, 5) is 12.5. The Kier molecular flexibility index (Phi) is 7.47. The molecule has 2 aliphatic heterocycles. The highest BCUT2D eigenvalue weighted by Crippen LogP contribution is 2.33. The summed E-state index contributed by atoms with van der Waals surface area (Å²) in [5.74, 6) is 0.308. The highest BCUT2D eigenvalue weighted by molar-refractivity contribution is 7.36. The van der Waals surface area contributed by atoms with E-state index < -0.39 is 16.9 Å². The lowest BCUT2D eigenvalue weighted by Gasteiger charge is -2.31. The Bertz CT molecular complexity index is 933. The number of nitrogens with zero attached hydrogens (tertiary/aromatic N) is 5. The molecule has 0 aliphatic carbocycles. The van der Waals surface area contributed by atoms with Crippen LogP contribution in [0.3, 0.4) is 0 Å². The molecule has 0 amide bonds. The number of fused-ring (bicyclic) bond motifs is 1. The Morgan fingerprint density at radius 2 is 2.13 bits per heavy atom. The van der Waals surface area contributed by atoms with Gasteiger partial charge in [-0.15, -0.1) is 4.52 Å². The zero-order chi connectivity index (χ0) is 21.8. The maximum Gasteiger partial charge on any atom is 0.616 e. The molecule has 2 aliphatic rings. The minimum absolute atomic E-state index is 0.144. The smallest absolute Gasteiger partial charge is 0.382 e. The van der Waals surface area contributed by atoms with Crippen molar-refractivity contribution in [1.82, 2.24) is 29.5 Å². The number of ether oxygens (including phenoxy) is 2. The van der Waals surface area contributed by atoms with Gasteiger partial charge in [-0.2, -0.15) is 0 Å². The lowest BCUT2D eigenvalue weighted by Crippen LogP contribution is -2.46. The number of anilines is 1. The van der Waals surface area contributed by atoms with Gasteiger partial charge in [-0.3, -0.25) is 9.09 Å². The van der Waals surface area contributed by atoms with Gasteiger partial charge in [0, 0.05) is 13.1 Å². The van der Waals surface area contributed by atoms with Gasteiger partial charge in [-0.05, 0) is 11.5 Å². The second-order valence-corrected chi connectivity index (χ2v) is 9.00. The zero-order valence-electron chi connectivity index (χ0n) is 16.9. The van der Waals surface area contributed by atoms with Crippen molar-refractivity contribution in [2.24, 2.45) is 0 Å². The summed E-state index contributed by atoms with van der Waals surface area (Å²) in [6, 6.07) is 0. The minimum Gasteiger partial charge on any atom is -0.382 e. The molecule has 3 N–H and O–H groups in total. The molecule has 2 aromatic rings. The molecule has 4 rings (SSSR count). The molecule has 2 aromatic heterocycles. The third-order valence-corrected chi connectivity index (χ3v) is 6.37. The number of hydrogen-bond donors (Lipinski definition) is 2. The molecular weight excluding hydrogens is 448 g/mol. The summed E-state index contributed by atoms with van der Waals surface area (Å²) in [6.07, 6.45) is 1.85. The van der Waals surface area contributed by atoms with E-state index in [1.165, 1.54) is 6.33 Å². The normalized spacial score (nSPS) is 28.2. The number of nitrogen functional groups attached to an aromatic ring is 1. The summed E-state index contributed by atoms with van der Waals surface area (Å²) in [5.41, 5.74) is 6.95. The van der Waals surface area contributed by atoms with E-state index in [1.54, 1.807) is 15.6 Å². The van der Waals surface area contributed by atoms with Crippen LogP contribution in [0.15, 0.2) is 12.7 Å². The van der Waals surface area contributed by atoms with Crippen LogP contribution >= 0.6 is 16.9 Å². The molecule has 0 spiro atoms. The molecule has 0 radical (unpaired) electrons. The molecule has 0 bridgehead atoms. The number of nitrogens with one attached hydrogen (secondary N) is 1. The monoisotopic (exact) mass is 472 g/mol. The standard InChI is InChI=1S/C16H24N7O6P2/c1-10-4-22(5-12(28-10)6-26-30-24)31(25)27-7-11-2-18-3-13(29-11)23-9-21-14-15(17)19-8-20-16(14)23/h8-13,18H,2-7H2,1H3,(H2,17,19,20)/q+1/t10-,11-,12-,13+/m0/s1. The maximum absolute atomic E-state index is 12.7. The first-order chi connectivity index (χ1) is 15.0. The van der Waals surface area contributed by atoms with Crippen molar-refractivity contribution in [3.63, 3.8) is 0 Å². The van der Waals surface area contributed by atoms with Crippen LogP contribution in [0.5, 0.6) is 0 Å². The van der Waals surface area contributed by atoms with E-state index in [4.69, 9.17) is 24.3 Å². The van der Waals surface area contributed by atoms with Crippen LogP contribution in [-0.4, -0.2) is 81.9 Å². The number of nitrogens with two attached hydrogens (primary N) is 1. The average molecular weight is 472 g/mol. The molecular formula is C16H24N7O6P2+. The summed E-state index contributed by atoms with van der Waals surface area (Å²) >= 11 is 0.